The summed E-state index contributed by atoms with van der Waals surface area (Å²) in [6, 6.07) is 13.6. The van der Waals surface area contributed by atoms with E-state index in [1.165, 1.54) is 18.6 Å². The predicted octanol–water partition coefficient (Wildman–Crippen LogP) is 4.64. The van der Waals surface area contributed by atoms with E-state index in [2.05, 4.69) is 9.38 Å². The molecule has 3 N–H and O–H groups in total. The van der Waals surface area contributed by atoms with Crippen molar-refractivity contribution in [1.82, 2.24) is 14.4 Å². The lowest BCUT2D eigenvalue weighted by Gasteiger charge is -2.24. The maximum Gasteiger partial charge on any atom is 0.150 e. The first-order valence-corrected chi connectivity index (χ1v) is 10.2. The van der Waals surface area contributed by atoms with E-state index in [4.69, 9.17) is 10.7 Å². The van der Waals surface area contributed by atoms with Gasteiger partial charge in [0.05, 0.1) is 0 Å². The van der Waals surface area contributed by atoms with E-state index in [1.54, 1.807) is 25.3 Å². The Balaban J connectivity index is 1.57. The molecular formula is C24H23FN4O. The minimum Gasteiger partial charge on any atom is -0.382 e. The summed E-state index contributed by atoms with van der Waals surface area (Å²) < 4.78 is 15.7. The molecule has 1 saturated carbocycles. The molecule has 5 nitrogen and oxygen atoms in total. The third-order valence-electron chi connectivity index (χ3n) is 6.19. The molecule has 1 aliphatic rings. The Bertz CT molecular complexity index is 1230. The number of nitrogen functional groups attached to an aromatic ring is 1. The highest BCUT2D eigenvalue weighted by molar-refractivity contribution is 5.85. The molecule has 1 atom stereocenters. The average Bonchev–Trinajstić information content (AvgIpc) is 3.07. The van der Waals surface area contributed by atoms with Crippen molar-refractivity contribution in [3.8, 4) is 11.3 Å². The average molecular weight is 402 g/mol. The molecule has 0 bridgehead atoms. The van der Waals surface area contributed by atoms with Crippen LogP contribution in [-0.4, -0.2) is 19.5 Å². The molecule has 2 heterocycles. The van der Waals surface area contributed by atoms with Gasteiger partial charge in [0.25, 0.3) is 0 Å². The quantitative estimate of drug-likeness (QED) is 0.521. The molecule has 4 aromatic rings. The highest BCUT2D eigenvalue weighted by atomic mass is 19.1. The van der Waals surface area contributed by atoms with Gasteiger partial charge in [0, 0.05) is 23.9 Å². The van der Waals surface area contributed by atoms with Crippen molar-refractivity contribution in [1.29, 1.82) is 0 Å². The molecule has 2 aromatic carbocycles. The van der Waals surface area contributed by atoms with E-state index < -0.39 is 5.60 Å². The summed E-state index contributed by atoms with van der Waals surface area (Å²) >= 11 is 0. The molecule has 0 amide bonds. The molecule has 0 spiro atoms. The van der Waals surface area contributed by atoms with E-state index in [-0.39, 0.29) is 5.82 Å². The molecule has 1 fully saturated rings. The number of benzene rings is 2. The number of hydrogen-bond acceptors (Lipinski definition) is 4. The van der Waals surface area contributed by atoms with Gasteiger partial charge in [-0.1, -0.05) is 42.8 Å². The van der Waals surface area contributed by atoms with Crippen LogP contribution in [0, 0.1) is 5.82 Å². The Morgan fingerprint density at radius 3 is 2.57 bits per heavy atom. The van der Waals surface area contributed by atoms with Crippen LogP contribution < -0.4 is 5.73 Å². The van der Waals surface area contributed by atoms with E-state index >= 15 is 0 Å². The van der Waals surface area contributed by atoms with Gasteiger partial charge >= 0.3 is 0 Å². The van der Waals surface area contributed by atoms with Crippen molar-refractivity contribution in [2.24, 2.45) is 0 Å². The lowest BCUT2D eigenvalue weighted by atomic mass is 9.85. The minimum absolute atomic E-state index is 0.375. The molecule has 1 unspecified atom stereocenters. The largest absolute Gasteiger partial charge is 0.382 e. The second-order valence-electron chi connectivity index (χ2n) is 8.14. The molecule has 6 heteroatoms. The van der Waals surface area contributed by atoms with Gasteiger partial charge in [0.1, 0.15) is 34.3 Å². The number of halogens is 1. The maximum absolute atomic E-state index is 13.6. The standard InChI is InChI=1S/C24H23FN4O/c1-24(30,18-6-3-7-19(25)14-18)17-10-8-15(9-11-17)20-21-22(26)27-12-13-29(21)23(28-20)16-4-2-5-16/h3,6-14,16,30H,2,4-5H2,1H3,(H2,26,27). The zero-order chi connectivity index (χ0) is 20.9. The number of anilines is 1. The lowest BCUT2D eigenvalue weighted by Crippen LogP contribution is -2.22. The monoisotopic (exact) mass is 402 g/mol. The van der Waals surface area contributed by atoms with Gasteiger partial charge in [-0.15, -0.1) is 0 Å². The SMILES string of the molecule is CC(O)(c1ccc(-c2nc(C3CCC3)n3ccnc(N)c23)cc1)c1cccc(F)c1. The maximum atomic E-state index is 13.6. The van der Waals surface area contributed by atoms with E-state index in [9.17, 15) is 9.50 Å². The molecule has 1 aliphatic carbocycles. The molecule has 30 heavy (non-hydrogen) atoms. The van der Waals surface area contributed by atoms with Crippen molar-refractivity contribution in [3.63, 3.8) is 0 Å². The van der Waals surface area contributed by atoms with Crippen LogP contribution in [0.4, 0.5) is 10.2 Å². The van der Waals surface area contributed by atoms with Crippen LogP contribution in [0.3, 0.4) is 0 Å². The van der Waals surface area contributed by atoms with Gasteiger partial charge < -0.3 is 10.8 Å². The van der Waals surface area contributed by atoms with Crippen molar-refractivity contribution >= 4 is 11.3 Å². The Morgan fingerprint density at radius 2 is 1.90 bits per heavy atom. The normalized spacial score (nSPS) is 16.4. The summed E-state index contributed by atoms with van der Waals surface area (Å²) in [4.78, 5) is 9.19. The first-order valence-electron chi connectivity index (χ1n) is 10.2. The van der Waals surface area contributed by atoms with Crippen LogP contribution in [0.5, 0.6) is 0 Å². The van der Waals surface area contributed by atoms with Crippen LogP contribution in [0.1, 0.15) is 49.1 Å². The fourth-order valence-electron chi connectivity index (χ4n) is 4.15. The summed E-state index contributed by atoms with van der Waals surface area (Å²) in [5.74, 6) is 1.54. The molecule has 2 aromatic heterocycles. The van der Waals surface area contributed by atoms with Gasteiger partial charge in [0.2, 0.25) is 0 Å². The summed E-state index contributed by atoms with van der Waals surface area (Å²) in [5.41, 5.74) is 8.57. The number of fused-ring (bicyclic) bond motifs is 1. The number of nitrogens with zero attached hydrogens (tertiary/aromatic N) is 3. The highest BCUT2D eigenvalue weighted by Gasteiger charge is 2.28. The predicted molar refractivity (Wildman–Crippen MR) is 115 cm³/mol. The Labute approximate surface area is 174 Å². The second kappa shape index (κ2) is 6.92. The summed E-state index contributed by atoms with van der Waals surface area (Å²) in [5, 5.41) is 11.1. The van der Waals surface area contributed by atoms with Gasteiger partial charge in [-0.05, 0) is 43.0 Å². The van der Waals surface area contributed by atoms with Gasteiger partial charge in [0.15, 0.2) is 0 Å². The summed E-state index contributed by atoms with van der Waals surface area (Å²) in [6.45, 7) is 1.67. The number of hydrogen-bond donors (Lipinski definition) is 2. The Morgan fingerprint density at radius 1 is 1.13 bits per heavy atom. The van der Waals surface area contributed by atoms with Crippen LogP contribution in [-0.2, 0) is 5.60 Å². The lowest BCUT2D eigenvalue weighted by molar-refractivity contribution is 0.102. The second-order valence-corrected chi connectivity index (χ2v) is 8.14. The summed E-state index contributed by atoms with van der Waals surface area (Å²) in [6.07, 6.45) is 7.11. The van der Waals surface area contributed by atoms with Crippen molar-refractivity contribution in [2.75, 3.05) is 5.73 Å². The highest BCUT2D eigenvalue weighted by Crippen LogP contribution is 2.39. The topological polar surface area (TPSA) is 76.4 Å². The van der Waals surface area contributed by atoms with Crippen LogP contribution in [0.2, 0.25) is 0 Å². The Kier molecular flexibility index (Phi) is 4.33. The van der Waals surface area contributed by atoms with Crippen molar-refractivity contribution in [3.05, 3.63) is 83.7 Å². The van der Waals surface area contributed by atoms with Crippen LogP contribution in [0.25, 0.3) is 16.8 Å². The third-order valence-corrected chi connectivity index (χ3v) is 6.19. The number of aromatic nitrogens is 3. The smallest absolute Gasteiger partial charge is 0.150 e. The van der Waals surface area contributed by atoms with Crippen LogP contribution in [0.15, 0.2) is 60.9 Å². The molecule has 0 radical (unpaired) electrons. The first kappa shape index (κ1) is 18.8. The molecule has 152 valence electrons. The van der Waals surface area contributed by atoms with E-state index in [1.807, 2.05) is 30.5 Å². The van der Waals surface area contributed by atoms with Gasteiger partial charge in [-0.3, -0.25) is 4.40 Å². The van der Waals surface area contributed by atoms with E-state index in [0.29, 0.717) is 22.9 Å². The van der Waals surface area contributed by atoms with Crippen molar-refractivity contribution in [2.45, 2.75) is 37.7 Å². The number of nitrogens with two attached hydrogens (primary N) is 1. The number of rotatable bonds is 4. The first-order chi connectivity index (χ1) is 14.4. The fraction of sp³-hybridized carbons (Fsp3) is 0.250. The third kappa shape index (κ3) is 2.95. The number of imidazole rings is 1. The molecular weight excluding hydrogens is 379 g/mol. The van der Waals surface area contributed by atoms with E-state index in [0.717, 1.165) is 35.4 Å². The molecule has 0 aliphatic heterocycles. The molecule has 5 rings (SSSR count). The van der Waals surface area contributed by atoms with Crippen molar-refractivity contribution < 1.29 is 9.50 Å². The van der Waals surface area contributed by atoms with Gasteiger partial charge in [-0.25, -0.2) is 14.4 Å². The Hall–Kier alpha value is -3.25. The zero-order valence-corrected chi connectivity index (χ0v) is 16.7. The van der Waals surface area contributed by atoms with Gasteiger partial charge in [-0.2, -0.15) is 0 Å². The van der Waals surface area contributed by atoms with Crippen LogP contribution >= 0.6 is 0 Å². The molecule has 0 saturated heterocycles. The number of aliphatic hydroxyl groups is 1. The fourth-order valence-corrected chi connectivity index (χ4v) is 4.15. The minimum atomic E-state index is -1.31. The summed E-state index contributed by atoms with van der Waals surface area (Å²) in [7, 11) is 0. The zero-order valence-electron chi connectivity index (χ0n) is 16.7.